The highest BCUT2D eigenvalue weighted by Gasteiger charge is 2.00. The minimum absolute atomic E-state index is 0.593. The number of rotatable bonds is 6. The van der Waals surface area contributed by atoms with Gasteiger partial charge in [0, 0.05) is 21.8 Å². The SMILES string of the molecule is CN=C(NCCOc1ccccc1)NCc1cc(Br)cs1. The molecule has 2 aromatic rings. The molecule has 112 valence electrons. The molecule has 0 radical (unpaired) electrons. The standard InChI is InChI=1S/C15H18BrN3OS/c1-17-15(19-10-14-9-12(16)11-21-14)18-7-8-20-13-5-3-2-4-6-13/h2-6,9,11H,7-8,10H2,1H3,(H2,17,18,19). The summed E-state index contributed by atoms with van der Waals surface area (Å²) in [5.41, 5.74) is 0. The van der Waals surface area contributed by atoms with Crippen LogP contribution in [0.3, 0.4) is 0 Å². The Morgan fingerprint density at radius 2 is 2.10 bits per heavy atom. The summed E-state index contributed by atoms with van der Waals surface area (Å²) in [5.74, 6) is 1.65. The molecule has 0 fully saturated rings. The lowest BCUT2D eigenvalue weighted by molar-refractivity contribution is 0.322. The first-order valence-corrected chi connectivity index (χ1v) is 8.30. The number of thiophene rings is 1. The average Bonchev–Trinajstić information content (AvgIpc) is 2.93. The van der Waals surface area contributed by atoms with Crippen LogP contribution in [-0.2, 0) is 6.54 Å². The van der Waals surface area contributed by atoms with E-state index >= 15 is 0 Å². The van der Waals surface area contributed by atoms with Crippen molar-refractivity contribution in [3.8, 4) is 5.75 Å². The Morgan fingerprint density at radius 1 is 1.29 bits per heavy atom. The zero-order valence-corrected chi connectivity index (χ0v) is 14.2. The molecule has 1 aromatic heterocycles. The molecule has 0 spiro atoms. The lowest BCUT2D eigenvalue weighted by Gasteiger charge is -2.11. The second kappa shape index (κ2) is 8.69. The summed E-state index contributed by atoms with van der Waals surface area (Å²) in [6.45, 7) is 2.05. The van der Waals surface area contributed by atoms with E-state index < -0.39 is 0 Å². The van der Waals surface area contributed by atoms with Gasteiger partial charge in [-0.3, -0.25) is 4.99 Å². The molecule has 2 N–H and O–H groups in total. The molecule has 21 heavy (non-hydrogen) atoms. The Balaban J connectivity index is 1.66. The van der Waals surface area contributed by atoms with E-state index in [4.69, 9.17) is 4.74 Å². The first-order valence-electron chi connectivity index (χ1n) is 6.63. The van der Waals surface area contributed by atoms with Crippen molar-refractivity contribution in [2.24, 2.45) is 4.99 Å². The van der Waals surface area contributed by atoms with Crippen molar-refractivity contribution in [1.82, 2.24) is 10.6 Å². The number of benzene rings is 1. The largest absolute Gasteiger partial charge is 0.492 e. The molecule has 6 heteroatoms. The number of hydrogen-bond acceptors (Lipinski definition) is 3. The molecule has 0 unspecified atom stereocenters. The van der Waals surface area contributed by atoms with Crippen LogP contribution in [0.25, 0.3) is 0 Å². The van der Waals surface area contributed by atoms with E-state index in [0.29, 0.717) is 13.2 Å². The van der Waals surface area contributed by atoms with Crippen LogP contribution in [0.1, 0.15) is 4.88 Å². The Bertz CT molecular complexity index is 571. The lowest BCUT2D eigenvalue weighted by atomic mass is 10.3. The van der Waals surface area contributed by atoms with E-state index in [1.807, 2.05) is 30.3 Å². The highest BCUT2D eigenvalue weighted by Crippen LogP contribution is 2.19. The van der Waals surface area contributed by atoms with Crippen molar-refractivity contribution in [2.75, 3.05) is 20.2 Å². The number of ether oxygens (including phenoxy) is 1. The molecule has 0 bridgehead atoms. The summed E-state index contributed by atoms with van der Waals surface area (Å²) in [6.07, 6.45) is 0. The lowest BCUT2D eigenvalue weighted by Crippen LogP contribution is -2.38. The van der Waals surface area contributed by atoms with Gasteiger partial charge in [0.1, 0.15) is 12.4 Å². The van der Waals surface area contributed by atoms with E-state index in [0.717, 1.165) is 22.7 Å². The second-order valence-electron chi connectivity index (χ2n) is 4.25. The van der Waals surface area contributed by atoms with Gasteiger partial charge in [-0.2, -0.15) is 0 Å². The Morgan fingerprint density at radius 3 is 2.76 bits per heavy atom. The van der Waals surface area contributed by atoms with Gasteiger partial charge in [-0.25, -0.2) is 0 Å². The first-order chi connectivity index (χ1) is 10.3. The summed E-state index contributed by atoms with van der Waals surface area (Å²) in [4.78, 5) is 5.44. The van der Waals surface area contributed by atoms with Crippen LogP contribution in [0.4, 0.5) is 0 Å². The molecule has 0 saturated heterocycles. The van der Waals surface area contributed by atoms with Gasteiger partial charge in [-0.05, 0) is 34.1 Å². The summed E-state index contributed by atoms with van der Waals surface area (Å²) in [5, 5.41) is 8.56. The van der Waals surface area contributed by atoms with Gasteiger partial charge in [0.05, 0.1) is 13.1 Å². The normalized spacial score (nSPS) is 11.2. The molecule has 0 aliphatic carbocycles. The monoisotopic (exact) mass is 367 g/mol. The van der Waals surface area contributed by atoms with Crippen LogP contribution in [-0.4, -0.2) is 26.2 Å². The zero-order chi connectivity index (χ0) is 14.9. The first kappa shape index (κ1) is 15.9. The van der Waals surface area contributed by atoms with Gasteiger partial charge in [-0.1, -0.05) is 18.2 Å². The maximum Gasteiger partial charge on any atom is 0.191 e. The predicted octanol–water partition coefficient (Wildman–Crippen LogP) is 3.25. The van der Waals surface area contributed by atoms with Crippen molar-refractivity contribution in [2.45, 2.75) is 6.54 Å². The number of halogens is 1. The fourth-order valence-electron chi connectivity index (χ4n) is 1.69. The minimum atomic E-state index is 0.593. The van der Waals surface area contributed by atoms with Gasteiger partial charge in [0.25, 0.3) is 0 Å². The van der Waals surface area contributed by atoms with Gasteiger partial charge < -0.3 is 15.4 Å². The summed E-state index contributed by atoms with van der Waals surface area (Å²) in [6, 6.07) is 11.9. The molecule has 0 atom stereocenters. The van der Waals surface area contributed by atoms with Gasteiger partial charge in [0.2, 0.25) is 0 Å². The van der Waals surface area contributed by atoms with E-state index in [2.05, 4.69) is 43.0 Å². The molecule has 0 aliphatic rings. The zero-order valence-electron chi connectivity index (χ0n) is 11.8. The highest BCUT2D eigenvalue weighted by molar-refractivity contribution is 9.10. The van der Waals surface area contributed by atoms with Crippen LogP contribution in [0.5, 0.6) is 5.75 Å². The molecule has 0 saturated carbocycles. The van der Waals surface area contributed by atoms with Crippen molar-refractivity contribution in [1.29, 1.82) is 0 Å². The van der Waals surface area contributed by atoms with Crippen LogP contribution in [0.2, 0.25) is 0 Å². The topological polar surface area (TPSA) is 45.7 Å². The fraction of sp³-hybridized carbons (Fsp3) is 0.267. The number of aliphatic imine (C=N–C) groups is 1. The number of nitrogens with one attached hydrogen (secondary N) is 2. The van der Waals surface area contributed by atoms with E-state index in [1.165, 1.54) is 4.88 Å². The number of guanidine groups is 1. The van der Waals surface area contributed by atoms with Crippen molar-refractivity contribution in [3.05, 3.63) is 51.1 Å². The summed E-state index contributed by atoms with van der Waals surface area (Å²) < 4.78 is 6.73. The third-order valence-corrected chi connectivity index (χ3v) is 4.38. The van der Waals surface area contributed by atoms with Gasteiger partial charge in [0.15, 0.2) is 5.96 Å². The molecule has 0 amide bonds. The quantitative estimate of drug-likeness (QED) is 0.467. The van der Waals surface area contributed by atoms with Crippen LogP contribution in [0, 0.1) is 0 Å². The third-order valence-electron chi connectivity index (χ3n) is 2.68. The molecule has 0 aliphatic heterocycles. The molecular weight excluding hydrogens is 350 g/mol. The Labute approximate surface area is 137 Å². The molecule has 2 rings (SSSR count). The van der Waals surface area contributed by atoms with Crippen LogP contribution < -0.4 is 15.4 Å². The number of para-hydroxylation sites is 1. The molecular formula is C15H18BrN3OS. The minimum Gasteiger partial charge on any atom is -0.492 e. The van der Waals surface area contributed by atoms with E-state index in [9.17, 15) is 0 Å². The maximum atomic E-state index is 5.62. The van der Waals surface area contributed by atoms with E-state index in [-0.39, 0.29) is 0 Å². The molecule has 1 heterocycles. The van der Waals surface area contributed by atoms with Crippen molar-refractivity contribution < 1.29 is 4.74 Å². The maximum absolute atomic E-state index is 5.62. The predicted molar refractivity (Wildman–Crippen MR) is 92.2 cm³/mol. The second-order valence-corrected chi connectivity index (χ2v) is 6.16. The summed E-state index contributed by atoms with van der Waals surface area (Å²) in [7, 11) is 1.76. The highest BCUT2D eigenvalue weighted by atomic mass is 79.9. The van der Waals surface area contributed by atoms with Crippen molar-refractivity contribution in [3.63, 3.8) is 0 Å². The molecule has 4 nitrogen and oxygen atoms in total. The Hall–Kier alpha value is -1.53. The average molecular weight is 368 g/mol. The third kappa shape index (κ3) is 5.77. The van der Waals surface area contributed by atoms with Gasteiger partial charge in [-0.15, -0.1) is 11.3 Å². The molecule has 1 aromatic carbocycles. The van der Waals surface area contributed by atoms with Crippen LogP contribution in [0.15, 0.2) is 51.2 Å². The number of hydrogen-bond donors (Lipinski definition) is 2. The summed E-state index contributed by atoms with van der Waals surface area (Å²) >= 11 is 5.16. The fourth-order valence-corrected chi connectivity index (χ4v) is 3.08. The van der Waals surface area contributed by atoms with E-state index in [1.54, 1.807) is 18.4 Å². The Kier molecular flexibility index (Phi) is 6.56. The van der Waals surface area contributed by atoms with Crippen LogP contribution >= 0.6 is 27.3 Å². The van der Waals surface area contributed by atoms with Gasteiger partial charge >= 0.3 is 0 Å². The number of nitrogens with zero attached hydrogens (tertiary/aromatic N) is 1. The van der Waals surface area contributed by atoms with Crippen molar-refractivity contribution >= 4 is 33.2 Å². The smallest absolute Gasteiger partial charge is 0.191 e.